The Bertz CT molecular complexity index is 517. The van der Waals surface area contributed by atoms with Crippen molar-refractivity contribution in [1.82, 2.24) is 0 Å². The number of aryl methyl sites for hydroxylation is 1. The molecule has 1 nitrogen and oxygen atoms in total. The summed E-state index contributed by atoms with van der Waals surface area (Å²) in [6.07, 6.45) is 4.25. The van der Waals surface area contributed by atoms with Gasteiger partial charge in [0.25, 0.3) is 0 Å². The average molecular weight is 214 g/mol. The minimum atomic E-state index is 0.995. The normalized spacial score (nSPS) is 12.3. The van der Waals surface area contributed by atoms with Crippen LogP contribution in [0.15, 0.2) is 34.3 Å². The molecule has 0 saturated carbocycles. The first kappa shape index (κ1) is 11.0. The van der Waals surface area contributed by atoms with Crippen molar-refractivity contribution in [3.05, 3.63) is 41.2 Å². The molecule has 2 aromatic rings. The van der Waals surface area contributed by atoms with Gasteiger partial charge in [-0.25, -0.2) is 0 Å². The van der Waals surface area contributed by atoms with Gasteiger partial charge < -0.3 is 4.42 Å². The minimum absolute atomic E-state index is 0.995. The van der Waals surface area contributed by atoms with Crippen LogP contribution >= 0.6 is 0 Å². The second-order valence-electron chi connectivity index (χ2n) is 4.14. The van der Waals surface area contributed by atoms with Gasteiger partial charge in [0.05, 0.1) is 0 Å². The summed E-state index contributed by atoms with van der Waals surface area (Å²) in [7, 11) is 0. The fourth-order valence-electron chi connectivity index (χ4n) is 1.92. The van der Waals surface area contributed by atoms with Gasteiger partial charge in [0.1, 0.15) is 11.3 Å². The Kier molecular flexibility index (Phi) is 3.14. The Morgan fingerprint density at radius 2 is 2.00 bits per heavy atom. The molecule has 0 atom stereocenters. The molecule has 0 aliphatic rings. The van der Waals surface area contributed by atoms with E-state index in [0.717, 1.165) is 24.2 Å². The van der Waals surface area contributed by atoms with Gasteiger partial charge in [-0.1, -0.05) is 37.6 Å². The zero-order chi connectivity index (χ0) is 11.5. The molecular weight excluding hydrogens is 196 g/mol. The largest absolute Gasteiger partial charge is 0.456 e. The molecule has 0 saturated heterocycles. The number of furan rings is 1. The summed E-state index contributed by atoms with van der Waals surface area (Å²) in [5.41, 5.74) is 3.67. The molecule has 0 radical (unpaired) electrons. The maximum atomic E-state index is 5.89. The van der Waals surface area contributed by atoms with Crippen molar-refractivity contribution < 1.29 is 4.42 Å². The van der Waals surface area contributed by atoms with E-state index in [1.807, 2.05) is 12.1 Å². The first-order chi connectivity index (χ1) is 7.76. The summed E-state index contributed by atoms with van der Waals surface area (Å²) < 4.78 is 5.89. The van der Waals surface area contributed by atoms with Gasteiger partial charge in [-0.05, 0) is 31.9 Å². The highest BCUT2D eigenvalue weighted by atomic mass is 16.3. The highest BCUT2D eigenvalue weighted by Crippen LogP contribution is 2.28. The van der Waals surface area contributed by atoms with Crippen molar-refractivity contribution in [2.45, 2.75) is 33.6 Å². The zero-order valence-electron chi connectivity index (χ0n) is 10.2. The number of para-hydroxylation sites is 1. The Morgan fingerprint density at radius 3 is 2.69 bits per heavy atom. The number of hydrogen-bond acceptors (Lipinski definition) is 1. The molecule has 1 aromatic heterocycles. The second kappa shape index (κ2) is 4.56. The molecule has 1 heterocycles. The lowest BCUT2D eigenvalue weighted by Gasteiger charge is -1.96. The van der Waals surface area contributed by atoms with E-state index in [4.69, 9.17) is 4.42 Å². The summed E-state index contributed by atoms with van der Waals surface area (Å²) in [6.45, 7) is 6.49. The van der Waals surface area contributed by atoms with Gasteiger partial charge in [0.15, 0.2) is 0 Å². The standard InChI is InChI=1S/C15H18O/c1-4-11(3)10-15-12(5-2)13-8-6-7-9-14(13)16-15/h6-10H,4-5H2,1-3H3/b11-10-. The van der Waals surface area contributed by atoms with Crippen LogP contribution in [0.25, 0.3) is 17.0 Å². The third-order valence-corrected chi connectivity index (χ3v) is 3.02. The maximum absolute atomic E-state index is 5.89. The van der Waals surface area contributed by atoms with Crippen molar-refractivity contribution in [2.24, 2.45) is 0 Å². The van der Waals surface area contributed by atoms with Crippen LogP contribution in [0.5, 0.6) is 0 Å². The maximum Gasteiger partial charge on any atom is 0.135 e. The van der Waals surface area contributed by atoms with Crippen LogP contribution in [0.4, 0.5) is 0 Å². The zero-order valence-corrected chi connectivity index (χ0v) is 10.2. The van der Waals surface area contributed by atoms with Crippen LogP contribution in [-0.4, -0.2) is 0 Å². The molecule has 1 aromatic carbocycles. The molecule has 0 aliphatic heterocycles. The van der Waals surface area contributed by atoms with Crippen LogP contribution < -0.4 is 0 Å². The first-order valence-corrected chi connectivity index (χ1v) is 5.93. The predicted octanol–water partition coefficient (Wildman–Crippen LogP) is 4.81. The topological polar surface area (TPSA) is 13.1 Å². The van der Waals surface area contributed by atoms with Gasteiger partial charge in [0.2, 0.25) is 0 Å². The van der Waals surface area contributed by atoms with Crippen molar-refractivity contribution in [2.75, 3.05) is 0 Å². The number of benzene rings is 1. The summed E-state index contributed by atoms with van der Waals surface area (Å²) in [5.74, 6) is 1.03. The SMILES string of the molecule is CC/C(C)=C\c1oc2ccccc2c1CC. The fourth-order valence-corrected chi connectivity index (χ4v) is 1.92. The van der Waals surface area contributed by atoms with Crippen molar-refractivity contribution >= 4 is 17.0 Å². The molecular formula is C15H18O. The van der Waals surface area contributed by atoms with E-state index in [-0.39, 0.29) is 0 Å². The molecule has 0 unspecified atom stereocenters. The van der Waals surface area contributed by atoms with Crippen LogP contribution in [-0.2, 0) is 6.42 Å². The number of rotatable bonds is 3. The summed E-state index contributed by atoms with van der Waals surface area (Å²) in [4.78, 5) is 0. The average Bonchev–Trinajstić information content (AvgIpc) is 2.65. The number of hydrogen-bond donors (Lipinski definition) is 0. The van der Waals surface area contributed by atoms with Crippen molar-refractivity contribution in [3.63, 3.8) is 0 Å². The van der Waals surface area contributed by atoms with E-state index >= 15 is 0 Å². The molecule has 1 heteroatoms. The van der Waals surface area contributed by atoms with E-state index in [0.29, 0.717) is 0 Å². The Morgan fingerprint density at radius 1 is 1.25 bits per heavy atom. The summed E-state index contributed by atoms with van der Waals surface area (Å²) in [5, 5.41) is 1.25. The van der Waals surface area contributed by atoms with E-state index in [2.05, 4.69) is 39.0 Å². The predicted molar refractivity (Wildman–Crippen MR) is 69.5 cm³/mol. The molecule has 0 spiro atoms. The smallest absolute Gasteiger partial charge is 0.135 e. The van der Waals surface area contributed by atoms with Gasteiger partial charge in [0, 0.05) is 10.9 Å². The number of allylic oxidation sites excluding steroid dienone is 1. The van der Waals surface area contributed by atoms with Gasteiger partial charge in [-0.3, -0.25) is 0 Å². The third kappa shape index (κ3) is 1.90. The summed E-state index contributed by atoms with van der Waals surface area (Å²) >= 11 is 0. The molecule has 0 aliphatic carbocycles. The van der Waals surface area contributed by atoms with Crippen LogP contribution in [0, 0.1) is 0 Å². The van der Waals surface area contributed by atoms with E-state index < -0.39 is 0 Å². The highest BCUT2D eigenvalue weighted by Gasteiger charge is 2.09. The van der Waals surface area contributed by atoms with Gasteiger partial charge >= 0.3 is 0 Å². The van der Waals surface area contributed by atoms with E-state index in [1.165, 1.54) is 16.5 Å². The highest BCUT2D eigenvalue weighted by molar-refractivity contribution is 5.84. The van der Waals surface area contributed by atoms with Gasteiger partial charge in [-0.2, -0.15) is 0 Å². The molecule has 0 bridgehead atoms. The Balaban J connectivity index is 2.61. The lowest BCUT2D eigenvalue weighted by atomic mass is 10.1. The molecule has 0 fully saturated rings. The molecule has 2 rings (SSSR count). The molecule has 0 amide bonds. The fraction of sp³-hybridized carbons (Fsp3) is 0.333. The lowest BCUT2D eigenvalue weighted by molar-refractivity contribution is 0.598. The molecule has 0 N–H and O–H groups in total. The minimum Gasteiger partial charge on any atom is -0.456 e. The Hall–Kier alpha value is -1.50. The quantitative estimate of drug-likeness (QED) is 0.714. The first-order valence-electron chi connectivity index (χ1n) is 5.93. The van der Waals surface area contributed by atoms with E-state index in [1.54, 1.807) is 0 Å². The Labute approximate surface area is 96.8 Å². The lowest BCUT2D eigenvalue weighted by Crippen LogP contribution is -1.81. The summed E-state index contributed by atoms with van der Waals surface area (Å²) in [6, 6.07) is 8.26. The van der Waals surface area contributed by atoms with Crippen LogP contribution in [0.1, 0.15) is 38.5 Å². The van der Waals surface area contributed by atoms with Gasteiger partial charge in [-0.15, -0.1) is 0 Å². The molecule has 16 heavy (non-hydrogen) atoms. The molecule has 84 valence electrons. The van der Waals surface area contributed by atoms with Crippen molar-refractivity contribution in [1.29, 1.82) is 0 Å². The number of fused-ring (bicyclic) bond motifs is 1. The van der Waals surface area contributed by atoms with Crippen molar-refractivity contribution in [3.8, 4) is 0 Å². The van der Waals surface area contributed by atoms with Crippen LogP contribution in [0.3, 0.4) is 0 Å². The third-order valence-electron chi connectivity index (χ3n) is 3.02. The monoisotopic (exact) mass is 214 g/mol. The van der Waals surface area contributed by atoms with E-state index in [9.17, 15) is 0 Å². The van der Waals surface area contributed by atoms with Crippen LogP contribution in [0.2, 0.25) is 0 Å². The second-order valence-corrected chi connectivity index (χ2v) is 4.14.